The summed E-state index contributed by atoms with van der Waals surface area (Å²) in [5.41, 5.74) is 26.7. The van der Waals surface area contributed by atoms with Crippen LogP contribution in [0.5, 0.6) is 0 Å². The van der Waals surface area contributed by atoms with Crippen molar-refractivity contribution in [3.05, 3.63) is 185 Å². The van der Waals surface area contributed by atoms with Gasteiger partial charge in [-0.15, -0.1) is 0 Å². The van der Waals surface area contributed by atoms with Crippen molar-refractivity contribution in [3.8, 4) is 11.1 Å². The molecule has 1 saturated carbocycles. The van der Waals surface area contributed by atoms with Gasteiger partial charge in [-0.2, -0.15) is 0 Å². The monoisotopic (exact) mass is 1020 g/mol. The highest BCUT2D eigenvalue weighted by Crippen LogP contribution is 2.62. The Morgan fingerprint density at radius 1 is 0.462 bits per heavy atom. The molecule has 0 spiro atoms. The van der Waals surface area contributed by atoms with Crippen molar-refractivity contribution in [1.29, 1.82) is 0 Å². The minimum atomic E-state index is -0.109. The van der Waals surface area contributed by atoms with Crippen LogP contribution in [0.25, 0.3) is 33.1 Å². The fraction of sp³-hybridized carbons (Fsp3) is 0.342. The Labute approximate surface area is 464 Å². The number of para-hydroxylation sites is 1. The maximum atomic E-state index is 6.56. The topological polar surface area (TPSA) is 22.9 Å². The fourth-order valence-electron chi connectivity index (χ4n) is 15.4. The van der Waals surface area contributed by atoms with E-state index in [0.717, 1.165) is 46.9 Å². The van der Waals surface area contributed by atoms with Gasteiger partial charge in [0.15, 0.2) is 0 Å². The quantitative estimate of drug-likeness (QED) is 0.164. The molecule has 1 fully saturated rings. The molecule has 0 saturated heterocycles. The van der Waals surface area contributed by atoms with E-state index in [9.17, 15) is 0 Å². The van der Waals surface area contributed by atoms with E-state index in [1.54, 1.807) is 0 Å². The zero-order valence-corrected chi connectivity index (χ0v) is 48.5. The molecule has 78 heavy (non-hydrogen) atoms. The minimum absolute atomic E-state index is 0.00144. The molecule has 0 bridgehead atoms. The van der Waals surface area contributed by atoms with Crippen LogP contribution < -0.4 is 31.1 Å². The molecule has 2 aliphatic carbocycles. The van der Waals surface area contributed by atoms with E-state index >= 15 is 0 Å². The molecule has 0 amide bonds. The third kappa shape index (κ3) is 7.04. The number of aryl methyl sites for hydroxylation is 1. The highest BCUT2D eigenvalue weighted by atomic mass is 16.3. The van der Waals surface area contributed by atoms with Crippen molar-refractivity contribution >= 4 is 90.5 Å². The smallest absolute Gasteiger partial charge is 0.252 e. The number of furan rings is 1. The molecular formula is C73H76BN3O. The van der Waals surface area contributed by atoms with Gasteiger partial charge in [0.2, 0.25) is 0 Å². The van der Waals surface area contributed by atoms with E-state index in [2.05, 4.69) is 256 Å². The van der Waals surface area contributed by atoms with Crippen LogP contribution in [0.15, 0.2) is 156 Å². The molecule has 8 aromatic carbocycles. The van der Waals surface area contributed by atoms with Gasteiger partial charge >= 0.3 is 0 Å². The van der Waals surface area contributed by atoms with E-state index < -0.39 is 0 Å². The standard InChI is InChI=1S/C73H76BN3O/c1-45-37-63-67-64(38-45)76(59-30-25-47(68(2,3)4)39-52(59)46-21-15-14-16-22-46)62-44-55-54(70(8,9)35-36-71(55,10)11)43-58(62)74(67)57-29-27-50(42-61(57)75(63)49-28-32-66-53(41-49)51-23-17-18-24-65(51)78-66)77-60-31-26-48(69(5,6)7)40-56(60)72(12)33-19-20-34-73(72,77)13/h14-18,21-32,37-44H,19-20,33-36H2,1-13H3. The van der Waals surface area contributed by atoms with E-state index in [0.29, 0.717) is 0 Å². The third-order valence-electron chi connectivity index (χ3n) is 20.2. The van der Waals surface area contributed by atoms with E-state index in [-0.39, 0.29) is 39.3 Å². The molecule has 9 aromatic rings. The van der Waals surface area contributed by atoms with Gasteiger partial charge in [-0.05, 0) is 189 Å². The molecule has 5 aliphatic rings. The summed E-state index contributed by atoms with van der Waals surface area (Å²) in [7, 11) is 0. The second kappa shape index (κ2) is 16.5. The number of hydrogen-bond donors (Lipinski definition) is 0. The predicted octanol–water partition coefficient (Wildman–Crippen LogP) is 18.3. The molecular weight excluding hydrogens is 946 g/mol. The van der Waals surface area contributed by atoms with Gasteiger partial charge < -0.3 is 19.1 Å². The summed E-state index contributed by atoms with van der Waals surface area (Å²) in [4.78, 5) is 8.12. The number of nitrogens with zero attached hydrogens (tertiary/aromatic N) is 3. The second-order valence-corrected chi connectivity index (χ2v) is 28.0. The first-order valence-corrected chi connectivity index (χ1v) is 29.2. The Morgan fingerprint density at radius 3 is 1.81 bits per heavy atom. The molecule has 2 unspecified atom stereocenters. The van der Waals surface area contributed by atoms with Crippen LogP contribution in [-0.2, 0) is 27.1 Å². The van der Waals surface area contributed by atoms with Crippen LogP contribution in [0.4, 0.5) is 45.5 Å². The van der Waals surface area contributed by atoms with Crippen molar-refractivity contribution in [2.75, 3.05) is 14.7 Å². The molecule has 4 nitrogen and oxygen atoms in total. The molecule has 4 heterocycles. The van der Waals surface area contributed by atoms with Crippen molar-refractivity contribution in [2.45, 2.75) is 161 Å². The molecule has 14 rings (SSSR count). The Bertz CT molecular complexity index is 3980. The predicted molar refractivity (Wildman–Crippen MR) is 333 cm³/mol. The summed E-state index contributed by atoms with van der Waals surface area (Å²) < 4.78 is 6.56. The average molecular weight is 1020 g/mol. The number of hydrogen-bond acceptors (Lipinski definition) is 4. The maximum Gasteiger partial charge on any atom is 0.252 e. The Hall–Kier alpha value is -6.98. The average Bonchev–Trinajstić information content (AvgIpc) is 2.61. The Kier molecular flexibility index (Phi) is 10.5. The first-order chi connectivity index (χ1) is 37.1. The molecule has 5 heteroatoms. The lowest BCUT2D eigenvalue weighted by molar-refractivity contribution is 0.195. The van der Waals surface area contributed by atoms with Crippen LogP contribution in [-0.4, -0.2) is 12.3 Å². The SMILES string of the molecule is Cc1cc2c3c(c1)N(c1ccc(C(C)(C)C)cc1-c1ccccc1)c1cc4c(cc1B3c1ccc(N3c5ccc(C(C)(C)C)cc5C5(C)CCCCC35C)cc1N2c1ccc2oc3ccccc3c2c1)C(C)(C)CCC4(C)C. The number of benzene rings is 8. The van der Waals surface area contributed by atoms with E-state index in [1.165, 1.54) is 120 Å². The van der Waals surface area contributed by atoms with Gasteiger partial charge in [-0.25, -0.2) is 0 Å². The van der Waals surface area contributed by atoms with Crippen molar-refractivity contribution in [3.63, 3.8) is 0 Å². The molecule has 0 radical (unpaired) electrons. The van der Waals surface area contributed by atoms with Crippen LogP contribution in [0, 0.1) is 6.92 Å². The fourth-order valence-corrected chi connectivity index (χ4v) is 15.4. The van der Waals surface area contributed by atoms with Crippen LogP contribution >= 0.6 is 0 Å². The summed E-state index contributed by atoms with van der Waals surface area (Å²) in [6.45, 7) is 31.5. The van der Waals surface area contributed by atoms with Crippen LogP contribution in [0.2, 0.25) is 0 Å². The first-order valence-electron chi connectivity index (χ1n) is 29.2. The summed E-state index contributed by atoms with van der Waals surface area (Å²) in [6, 6.07) is 59.4. The molecule has 1 aromatic heterocycles. The first kappa shape index (κ1) is 49.3. The lowest BCUT2D eigenvalue weighted by Crippen LogP contribution is -2.62. The second-order valence-electron chi connectivity index (χ2n) is 28.0. The Balaban J connectivity index is 1.08. The zero-order chi connectivity index (χ0) is 54.2. The Morgan fingerprint density at radius 2 is 1.08 bits per heavy atom. The zero-order valence-electron chi connectivity index (χ0n) is 48.5. The van der Waals surface area contributed by atoms with Gasteiger partial charge in [-0.1, -0.05) is 168 Å². The minimum Gasteiger partial charge on any atom is -0.456 e. The number of fused-ring (bicyclic) bond motifs is 11. The number of anilines is 8. The lowest BCUT2D eigenvalue weighted by atomic mass is 9.33. The van der Waals surface area contributed by atoms with E-state index in [4.69, 9.17) is 4.42 Å². The van der Waals surface area contributed by atoms with Gasteiger partial charge in [-0.3, -0.25) is 0 Å². The van der Waals surface area contributed by atoms with Crippen molar-refractivity contribution in [2.24, 2.45) is 0 Å². The highest BCUT2D eigenvalue weighted by Gasteiger charge is 2.58. The lowest BCUT2D eigenvalue weighted by Gasteiger charge is -2.51. The molecule has 392 valence electrons. The summed E-state index contributed by atoms with van der Waals surface area (Å²) in [6.07, 6.45) is 7.11. The normalized spacial score (nSPS) is 20.8. The molecule has 3 aliphatic heterocycles. The van der Waals surface area contributed by atoms with Gasteiger partial charge in [0.05, 0.1) is 11.2 Å². The van der Waals surface area contributed by atoms with E-state index in [1.807, 2.05) is 0 Å². The van der Waals surface area contributed by atoms with Gasteiger partial charge in [0.1, 0.15) is 11.2 Å². The summed E-state index contributed by atoms with van der Waals surface area (Å²) in [5.74, 6) is 0. The molecule has 0 N–H and O–H groups in total. The summed E-state index contributed by atoms with van der Waals surface area (Å²) in [5, 5.41) is 2.27. The maximum absolute atomic E-state index is 6.56. The largest absolute Gasteiger partial charge is 0.456 e. The highest BCUT2D eigenvalue weighted by molar-refractivity contribution is 7.00. The van der Waals surface area contributed by atoms with Gasteiger partial charge in [0, 0.05) is 61.6 Å². The van der Waals surface area contributed by atoms with Crippen molar-refractivity contribution < 1.29 is 4.42 Å². The third-order valence-corrected chi connectivity index (χ3v) is 20.2. The summed E-state index contributed by atoms with van der Waals surface area (Å²) >= 11 is 0. The number of rotatable bonds is 4. The van der Waals surface area contributed by atoms with Crippen LogP contribution in [0.3, 0.4) is 0 Å². The van der Waals surface area contributed by atoms with Gasteiger partial charge in [0.25, 0.3) is 6.71 Å². The van der Waals surface area contributed by atoms with Crippen LogP contribution in [0.1, 0.15) is 155 Å². The molecule has 2 atom stereocenters. The van der Waals surface area contributed by atoms with Crippen molar-refractivity contribution in [1.82, 2.24) is 0 Å².